The Bertz CT molecular complexity index is 169. The molecule has 0 bridgehead atoms. The van der Waals surface area contributed by atoms with Gasteiger partial charge >= 0.3 is 0 Å². The molecule has 1 N–H and O–H groups in total. The predicted molar refractivity (Wildman–Crippen MR) is 50.9 cm³/mol. The minimum atomic E-state index is 0.285. The van der Waals surface area contributed by atoms with E-state index in [1.807, 2.05) is 13.8 Å². The monoisotopic (exact) mass is 171 g/mol. The van der Waals surface area contributed by atoms with E-state index in [-0.39, 0.29) is 5.76 Å². The lowest BCUT2D eigenvalue weighted by Crippen LogP contribution is -1.99. The summed E-state index contributed by atoms with van der Waals surface area (Å²) in [5.41, 5.74) is 0.828. The molecule has 0 spiro atoms. The smallest absolute Gasteiger partial charge is 0.0909 e. The average molecular weight is 171 g/mol. The van der Waals surface area contributed by atoms with Gasteiger partial charge in [0, 0.05) is 12.3 Å². The van der Waals surface area contributed by atoms with E-state index in [0.717, 1.165) is 12.3 Å². The number of aliphatic imine (C=N–C) groups is 1. The normalized spacial score (nSPS) is 13.6. The Morgan fingerprint density at radius 3 is 2.67 bits per heavy atom. The van der Waals surface area contributed by atoms with Gasteiger partial charge in [-0.25, -0.2) is 0 Å². The van der Waals surface area contributed by atoms with Gasteiger partial charge in [-0.3, -0.25) is 4.99 Å². The minimum absolute atomic E-state index is 0.285. The van der Waals surface area contributed by atoms with Crippen LogP contribution in [0.4, 0.5) is 0 Å². The third-order valence-corrected chi connectivity index (χ3v) is 1.22. The van der Waals surface area contributed by atoms with Crippen LogP contribution in [-0.4, -0.2) is 30.6 Å². The molecule has 0 aromatic heterocycles. The predicted octanol–water partition coefficient (Wildman–Crippen LogP) is 1.95. The molecule has 0 aliphatic rings. The highest BCUT2D eigenvalue weighted by atomic mass is 16.5. The summed E-state index contributed by atoms with van der Waals surface area (Å²) >= 11 is 0. The van der Waals surface area contributed by atoms with E-state index < -0.39 is 0 Å². The molecule has 0 aliphatic heterocycles. The first-order valence-electron chi connectivity index (χ1n) is 4.13. The number of hydrogen-bond acceptors (Lipinski definition) is 3. The van der Waals surface area contributed by atoms with Crippen molar-refractivity contribution >= 4 is 5.71 Å². The van der Waals surface area contributed by atoms with Crippen molar-refractivity contribution in [1.29, 1.82) is 0 Å². The van der Waals surface area contributed by atoms with Crippen molar-refractivity contribution in [2.24, 2.45) is 4.99 Å². The molecule has 12 heavy (non-hydrogen) atoms. The number of aliphatic hydroxyl groups excluding tert-OH is 1. The number of rotatable bonds is 5. The van der Waals surface area contributed by atoms with Gasteiger partial charge in [-0.1, -0.05) is 0 Å². The zero-order valence-corrected chi connectivity index (χ0v) is 8.00. The Labute approximate surface area is 73.8 Å². The second-order valence-electron chi connectivity index (χ2n) is 2.51. The molecule has 0 fully saturated rings. The van der Waals surface area contributed by atoms with Crippen LogP contribution in [0, 0.1) is 0 Å². The maximum Gasteiger partial charge on any atom is 0.0909 e. The summed E-state index contributed by atoms with van der Waals surface area (Å²) in [6.07, 6.45) is 1.63. The quantitative estimate of drug-likeness (QED) is 0.390. The zero-order chi connectivity index (χ0) is 9.40. The van der Waals surface area contributed by atoms with Gasteiger partial charge in [-0.15, -0.1) is 0 Å². The molecule has 0 unspecified atom stereocenters. The zero-order valence-electron chi connectivity index (χ0n) is 8.00. The summed E-state index contributed by atoms with van der Waals surface area (Å²) in [5.74, 6) is 0.285. The maximum atomic E-state index is 8.87. The lowest BCUT2D eigenvalue weighted by molar-refractivity contribution is 0.156. The van der Waals surface area contributed by atoms with Crippen LogP contribution in [0.3, 0.4) is 0 Å². The van der Waals surface area contributed by atoms with Crippen molar-refractivity contribution in [2.45, 2.75) is 20.8 Å². The van der Waals surface area contributed by atoms with Gasteiger partial charge in [0.2, 0.25) is 0 Å². The molecular weight excluding hydrogens is 154 g/mol. The van der Waals surface area contributed by atoms with Crippen molar-refractivity contribution in [3.63, 3.8) is 0 Å². The highest BCUT2D eigenvalue weighted by Gasteiger charge is 1.87. The topological polar surface area (TPSA) is 41.8 Å². The van der Waals surface area contributed by atoms with Gasteiger partial charge in [-0.05, 0) is 26.8 Å². The van der Waals surface area contributed by atoms with Gasteiger partial charge in [0.15, 0.2) is 0 Å². The fourth-order valence-electron chi connectivity index (χ4n) is 0.779. The molecular formula is C9H17NO2. The maximum absolute atomic E-state index is 8.87. The van der Waals surface area contributed by atoms with Crippen LogP contribution < -0.4 is 0 Å². The standard InChI is InChI=1S/C9H17NO2/c1-4-12-6-5-10-8(2)7-9(3)11/h7,11H,4-6H2,1-3H3. The van der Waals surface area contributed by atoms with Crippen LogP contribution in [-0.2, 0) is 4.74 Å². The van der Waals surface area contributed by atoms with E-state index in [9.17, 15) is 0 Å². The molecule has 3 nitrogen and oxygen atoms in total. The summed E-state index contributed by atoms with van der Waals surface area (Å²) in [6, 6.07) is 0. The second kappa shape index (κ2) is 6.85. The molecule has 0 atom stereocenters. The van der Waals surface area contributed by atoms with Gasteiger partial charge in [0.05, 0.1) is 18.9 Å². The SMILES string of the molecule is CCOCCN=C(C)C=C(C)O. The highest BCUT2D eigenvalue weighted by molar-refractivity contribution is 5.92. The fourth-order valence-corrected chi connectivity index (χ4v) is 0.779. The van der Waals surface area contributed by atoms with Crippen LogP contribution in [0.25, 0.3) is 0 Å². The average Bonchev–Trinajstić information content (AvgIpc) is 1.97. The van der Waals surface area contributed by atoms with Crippen molar-refractivity contribution < 1.29 is 9.84 Å². The first-order chi connectivity index (χ1) is 5.66. The largest absolute Gasteiger partial charge is 0.513 e. The molecule has 0 aliphatic carbocycles. The lowest BCUT2D eigenvalue weighted by Gasteiger charge is -1.97. The van der Waals surface area contributed by atoms with E-state index in [1.165, 1.54) is 0 Å². The Morgan fingerprint density at radius 2 is 2.17 bits per heavy atom. The molecule has 0 aromatic carbocycles. The lowest BCUT2D eigenvalue weighted by atomic mass is 10.3. The van der Waals surface area contributed by atoms with E-state index >= 15 is 0 Å². The first kappa shape index (κ1) is 11.2. The minimum Gasteiger partial charge on any atom is -0.513 e. The van der Waals surface area contributed by atoms with E-state index in [1.54, 1.807) is 13.0 Å². The molecule has 0 amide bonds. The van der Waals surface area contributed by atoms with Crippen molar-refractivity contribution in [1.82, 2.24) is 0 Å². The van der Waals surface area contributed by atoms with Gasteiger partial charge in [0.1, 0.15) is 0 Å². The molecule has 0 aromatic rings. The summed E-state index contributed by atoms with van der Waals surface area (Å²) in [6.45, 7) is 7.46. The van der Waals surface area contributed by atoms with Gasteiger partial charge in [-0.2, -0.15) is 0 Å². The molecule has 3 heteroatoms. The highest BCUT2D eigenvalue weighted by Crippen LogP contribution is 1.88. The Balaban J connectivity index is 3.62. The molecule has 0 heterocycles. The molecule has 0 radical (unpaired) electrons. The van der Waals surface area contributed by atoms with E-state index in [4.69, 9.17) is 9.84 Å². The van der Waals surface area contributed by atoms with Crippen LogP contribution in [0.15, 0.2) is 16.8 Å². The van der Waals surface area contributed by atoms with Crippen molar-refractivity contribution in [2.75, 3.05) is 19.8 Å². The molecule has 0 rings (SSSR count). The second-order valence-corrected chi connectivity index (χ2v) is 2.51. The number of aliphatic hydroxyl groups is 1. The molecule has 0 saturated carbocycles. The van der Waals surface area contributed by atoms with Crippen LogP contribution in [0.5, 0.6) is 0 Å². The summed E-state index contributed by atoms with van der Waals surface area (Å²) in [5, 5.41) is 8.87. The van der Waals surface area contributed by atoms with Crippen molar-refractivity contribution in [3.8, 4) is 0 Å². The number of hydrogen-bond donors (Lipinski definition) is 1. The Hall–Kier alpha value is -0.830. The summed E-state index contributed by atoms with van der Waals surface area (Å²) in [7, 11) is 0. The van der Waals surface area contributed by atoms with E-state index in [0.29, 0.717) is 13.2 Å². The van der Waals surface area contributed by atoms with Crippen LogP contribution in [0.1, 0.15) is 20.8 Å². The first-order valence-corrected chi connectivity index (χ1v) is 4.13. The summed E-state index contributed by atoms with van der Waals surface area (Å²) < 4.78 is 5.10. The fraction of sp³-hybridized carbons (Fsp3) is 0.667. The van der Waals surface area contributed by atoms with Crippen LogP contribution >= 0.6 is 0 Å². The van der Waals surface area contributed by atoms with Gasteiger partial charge < -0.3 is 9.84 Å². The van der Waals surface area contributed by atoms with E-state index in [2.05, 4.69) is 4.99 Å². The van der Waals surface area contributed by atoms with Crippen LogP contribution in [0.2, 0.25) is 0 Å². The third kappa shape index (κ3) is 7.28. The Morgan fingerprint density at radius 1 is 1.50 bits per heavy atom. The molecule has 0 saturated heterocycles. The van der Waals surface area contributed by atoms with Gasteiger partial charge in [0.25, 0.3) is 0 Å². The number of allylic oxidation sites excluding steroid dienone is 2. The third-order valence-electron chi connectivity index (χ3n) is 1.22. The number of nitrogens with zero attached hydrogens (tertiary/aromatic N) is 1. The summed E-state index contributed by atoms with van der Waals surface area (Å²) in [4.78, 5) is 4.16. The van der Waals surface area contributed by atoms with Crippen molar-refractivity contribution in [3.05, 3.63) is 11.8 Å². The Kier molecular flexibility index (Phi) is 6.38. The number of ether oxygens (including phenoxy) is 1. The molecule has 70 valence electrons.